The zero-order chi connectivity index (χ0) is 11.2. The molecular formula is C10H7Cl2NO2. The van der Waals surface area contributed by atoms with Crippen LogP contribution < -0.4 is 0 Å². The summed E-state index contributed by atoms with van der Waals surface area (Å²) in [6, 6.07) is 3.22. The number of fused-ring (bicyclic) bond motifs is 1. The van der Waals surface area contributed by atoms with Crippen LogP contribution in [0.2, 0.25) is 10.0 Å². The van der Waals surface area contributed by atoms with E-state index < -0.39 is 5.97 Å². The van der Waals surface area contributed by atoms with Crippen molar-refractivity contribution in [2.24, 2.45) is 0 Å². The minimum atomic E-state index is -1.01. The first kappa shape index (κ1) is 10.3. The first-order valence-electron chi connectivity index (χ1n) is 4.22. The second-order valence-electron chi connectivity index (χ2n) is 3.21. The molecule has 5 heteroatoms. The predicted molar refractivity (Wildman–Crippen MR) is 60.0 cm³/mol. The molecule has 3 nitrogen and oxygen atoms in total. The molecule has 0 bridgehead atoms. The number of carboxylic acids is 1. The third kappa shape index (κ3) is 1.48. The molecule has 0 aliphatic rings. The molecule has 1 aromatic heterocycles. The van der Waals surface area contributed by atoms with Crippen LogP contribution in [0, 0.1) is 6.92 Å². The molecule has 0 saturated carbocycles. The summed E-state index contributed by atoms with van der Waals surface area (Å²) >= 11 is 11.9. The third-order valence-electron chi connectivity index (χ3n) is 2.26. The summed E-state index contributed by atoms with van der Waals surface area (Å²) in [5.74, 6) is -1.01. The molecule has 78 valence electrons. The lowest BCUT2D eigenvalue weighted by atomic mass is 10.1. The van der Waals surface area contributed by atoms with Crippen molar-refractivity contribution in [2.45, 2.75) is 6.92 Å². The van der Waals surface area contributed by atoms with Crippen molar-refractivity contribution in [1.82, 2.24) is 4.98 Å². The zero-order valence-corrected chi connectivity index (χ0v) is 9.28. The van der Waals surface area contributed by atoms with Gasteiger partial charge in [0, 0.05) is 11.1 Å². The van der Waals surface area contributed by atoms with E-state index in [1.165, 1.54) is 0 Å². The lowest BCUT2D eigenvalue weighted by molar-refractivity contribution is 0.0698. The summed E-state index contributed by atoms with van der Waals surface area (Å²) in [6.45, 7) is 1.68. The highest BCUT2D eigenvalue weighted by Gasteiger charge is 2.18. The van der Waals surface area contributed by atoms with Crippen LogP contribution in [-0.2, 0) is 0 Å². The summed E-state index contributed by atoms with van der Waals surface area (Å²) in [7, 11) is 0. The maximum absolute atomic E-state index is 11.0. The Labute approximate surface area is 95.6 Å². The smallest absolute Gasteiger partial charge is 0.338 e. The van der Waals surface area contributed by atoms with Gasteiger partial charge in [0.25, 0.3) is 0 Å². The van der Waals surface area contributed by atoms with Gasteiger partial charge in [0.2, 0.25) is 0 Å². The van der Waals surface area contributed by atoms with E-state index in [1.807, 2.05) is 0 Å². The van der Waals surface area contributed by atoms with Crippen molar-refractivity contribution in [3.05, 3.63) is 33.4 Å². The van der Waals surface area contributed by atoms with Gasteiger partial charge in [0.05, 0.1) is 21.1 Å². The molecule has 0 amide bonds. The lowest BCUT2D eigenvalue weighted by Gasteiger charge is -1.98. The summed E-state index contributed by atoms with van der Waals surface area (Å²) < 4.78 is 0. The van der Waals surface area contributed by atoms with Gasteiger partial charge in [-0.25, -0.2) is 4.79 Å². The monoisotopic (exact) mass is 243 g/mol. The van der Waals surface area contributed by atoms with Crippen LogP contribution in [0.3, 0.4) is 0 Å². The fraction of sp³-hybridized carbons (Fsp3) is 0.100. The topological polar surface area (TPSA) is 53.1 Å². The number of carboxylic acid groups (broad SMARTS) is 1. The number of aromatic nitrogens is 1. The van der Waals surface area contributed by atoms with Crippen molar-refractivity contribution < 1.29 is 9.90 Å². The first-order chi connectivity index (χ1) is 7.02. The number of benzene rings is 1. The largest absolute Gasteiger partial charge is 0.478 e. The maximum atomic E-state index is 11.0. The van der Waals surface area contributed by atoms with Crippen molar-refractivity contribution in [3.63, 3.8) is 0 Å². The summed E-state index contributed by atoms with van der Waals surface area (Å²) in [5.41, 5.74) is 1.30. The summed E-state index contributed by atoms with van der Waals surface area (Å²) in [5, 5.41) is 10.4. The van der Waals surface area contributed by atoms with E-state index in [2.05, 4.69) is 4.98 Å². The second-order valence-corrected chi connectivity index (χ2v) is 4.02. The summed E-state index contributed by atoms with van der Waals surface area (Å²) in [6.07, 6.45) is 0. The van der Waals surface area contributed by atoms with Gasteiger partial charge in [-0.3, -0.25) is 0 Å². The highest BCUT2D eigenvalue weighted by Crippen LogP contribution is 2.33. The number of halogens is 2. The molecular weight excluding hydrogens is 237 g/mol. The molecule has 0 radical (unpaired) electrons. The molecule has 0 spiro atoms. The van der Waals surface area contributed by atoms with Crippen molar-refractivity contribution in [1.29, 1.82) is 0 Å². The highest BCUT2D eigenvalue weighted by atomic mass is 35.5. The number of carbonyl (C=O) groups is 1. The van der Waals surface area contributed by atoms with E-state index >= 15 is 0 Å². The Balaban J connectivity index is 2.98. The van der Waals surface area contributed by atoms with E-state index in [0.717, 1.165) is 0 Å². The number of H-pyrrole nitrogens is 1. The Morgan fingerprint density at radius 1 is 1.33 bits per heavy atom. The molecule has 2 N–H and O–H groups in total. The van der Waals surface area contributed by atoms with Gasteiger partial charge >= 0.3 is 5.97 Å². The molecule has 0 atom stereocenters. The average Bonchev–Trinajstić information content (AvgIpc) is 2.50. The minimum Gasteiger partial charge on any atom is -0.478 e. The van der Waals surface area contributed by atoms with Crippen LogP contribution in [0.4, 0.5) is 0 Å². The number of aromatic amines is 1. The van der Waals surface area contributed by atoms with Crippen LogP contribution in [0.15, 0.2) is 12.1 Å². The molecule has 15 heavy (non-hydrogen) atoms. The number of aryl methyl sites for hydroxylation is 1. The van der Waals surface area contributed by atoms with Gasteiger partial charge in [-0.2, -0.15) is 0 Å². The standard InChI is InChI=1S/C10H7Cl2NO2/c1-4-7(10(14)15)8-5(11)2-3-6(12)9(8)13-4/h2-3,13H,1H3,(H,14,15). The van der Waals surface area contributed by atoms with Crippen molar-refractivity contribution in [3.8, 4) is 0 Å². The molecule has 1 aromatic carbocycles. The van der Waals surface area contributed by atoms with E-state index in [-0.39, 0.29) is 5.56 Å². The van der Waals surface area contributed by atoms with E-state index in [0.29, 0.717) is 26.6 Å². The molecule has 0 fully saturated rings. The molecule has 2 aromatic rings. The number of hydrogen-bond acceptors (Lipinski definition) is 1. The van der Waals surface area contributed by atoms with E-state index in [1.54, 1.807) is 19.1 Å². The van der Waals surface area contributed by atoms with Gasteiger partial charge in [0.15, 0.2) is 0 Å². The molecule has 0 aliphatic carbocycles. The Morgan fingerprint density at radius 3 is 2.53 bits per heavy atom. The fourth-order valence-corrected chi connectivity index (χ4v) is 2.08. The first-order valence-corrected chi connectivity index (χ1v) is 4.97. The third-order valence-corrected chi connectivity index (χ3v) is 2.88. The molecule has 0 unspecified atom stereocenters. The van der Waals surface area contributed by atoms with E-state index in [4.69, 9.17) is 28.3 Å². The number of hydrogen-bond donors (Lipinski definition) is 2. The van der Waals surface area contributed by atoms with Crippen molar-refractivity contribution in [2.75, 3.05) is 0 Å². The van der Waals surface area contributed by atoms with Crippen molar-refractivity contribution >= 4 is 40.1 Å². The second kappa shape index (κ2) is 3.43. The SMILES string of the molecule is Cc1[nH]c2c(Cl)ccc(Cl)c2c1C(=O)O. The predicted octanol–water partition coefficient (Wildman–Crippen LogP) is 3.48. The number of aromatic carboxylic acids is 1. The van der Waals surface area contributed by atoms with Gasteiger partial charge in [0.1, 0.15) is 0 Å². The number of nitrogens with one attached hydrogen (secondary N) is 1. The van der Waals surface area contributed by atoms with Gasteiger partial charge < -0.3 is 10.1 Å². The van der Waals surface area contributed by atoms with Crippen LogP contribution in [0.25, 0.3) is 10.9 Å². The molecule has 2 rings (SSSR count). The van der Waals surface area contributed by atoms with Crippen LogP contribution in [-0.4, -0.2) is 16.1 Å². The fourth-order valence-electron chi connectivity index (χ4n) is 1.62. The molecule has 0 aliphatic heterocycles. The highest BCUT2D eigenvalue weighted by molar-refractivity contribution is 6.41. The van der Waals surface area contributed by atoms with Gasteiger partial charge in [-0.15, -0.1) is 0 Å². The average molecular weight is 244 g/mol. The Hall–Kier alpha value is -1.19. The lowest BCUT2D eigenvalue weighted by Crippen LogP contribution is -1.97. The van der Waals surface area contributed by atoms with Crippen LogP contribution in [0.1, 0.15) is 16.1 Å². The minimum absolute atomic E-state index is 0.178. The van der Waals surface area contributed by atoms with Gasteiger partial charge in [-0.05, 0) is 19.1 Å². The van der Waals surface area contributed by atoms with E-state index in [9.17, 15) is 4.79 Å². The zero-order valence-electron chi connectivity index (χ0n) is 7.77. The maximum Gasteiger partial charge on any atom is 0.338 e. The molecule has 0 saturated heterocycles. The Morgan fingerprint density at radius 2 is 1.93 bits per heavy atom. The van der Waals surface area contributed by atoms with Crippen LogP contribution >= 0.6 is 23.2 Å². The van der Waals surface area contributed by atoms with Crippen LogP contribution in [0.5, 0.6) is 0 Å². The summed E-state index contributed by atoms with van der Waals surface area (Å²) in [4.78, 5) is 14.0. The number of rotatable bonds is 1. The molecule has 1 heterocycles. The Bertz CT molecular complexity index is 560. The Kier molecular flexibility index (Phi) is 2.37. The normalized spacial score (nSPS) is 10.9. The van der Waals surface area contributed by atoms with Gasteiger partial charge in [-0.1, -0.05) is 23.2 Å². The quantitative estimate of drug-likeness (QED) is 0.806.